The number of esters is 1. The van der Waals surface area contributed by atoms with E-state index in [1.807, 2.05) is 0 Å². The lowest BCUT2D eigenvalue weighted by Crippen LogP contribution is -2.51. The molecular weight excluding hydrogens is 358 g/mol. The molecule has 0 amide bonds. The maximum Gasteiger partial charge on any atom is 0.302 e. The number of fused-ring (bicyclic) bond motifs is 1. The lowest BCUT2D eigenvalue weighted by molar-refractivity contribution is -0.156. The summed E-state index contributed by atoms with van der Waals surface area (Å²) >= 11 is 0. The lowest BCUT2D eigenvalue weighted by Gasteiger charge is -2.52. The van der Waals surface area contributed by atoms with Crippen molar-refractivity contribution in [2.75, 3.05) is 6.54 Å². The summed E-state index contributed by atoms with van der Waals surface area (Å²) in [6.45, 7) is 5.93. The summed E-state index contributed by atoms with van der Waals surface area (Å²) < 4.78 is 5.29. The van der Waals surface area contributed by atoms with E-state index in [2.05, 4.69) is 23.9 Å². The molecule has 6 atom stereocenters. The molecule has 3 fully saturated rings. The first-order chi connectivity index (χ1) is 13.2. The third-order valence-electron chi connectivity index (χ3n) is 7.96. The first-order valence-electron chi connectivity index (χ1n) is 10.5. The molecule has 28 heavy (non-hydrogen) atoms. The van der Waals surface area contributed by atoms with Crippen LogP contribution in [0.4, 0.5) is 0 Å². The number of azide groups is 1. The summed E-state index contributed by atoms with van der Waals surface area (Å²) in [7, 11) is 0. The van der Waals surface area contributed by atoms with E-state index in [1.54, 1.807) is 0 Å². The molecule has 154 valence electrons. The Morgan fingerprint density at radius 3 is 2.43 bits per heavy atom. The van der Waals surface area contributed by atoms with Crippen LogP contribution in [0, 0.1) is 28.6 Å². The Morgan fingerprint density at radius 2 is 1.79 bits per heavy atom. The zero-order valence-electron chi connectivity index (χ0n) is 17.1. The van der Waals surface area contributed by atoms with Gasteiger partial charge in [0.25, 0.3) is 0 Å². The van der Waals surface area contributed by atoms with Gasteiger partial charge in [-0.2, -0.15) is 0 Å². The van der Waals surface area contributed by atoms with Gasteiger partial charge < -0.3 is 4.74 Å². The molecular formula is C21H31N3O4. The van der Waals surface area contributed by atoms with Gasteiger partial charge in [-0.15, -0.1) is 0 Å². The Kier molecular flexibility index (Phi) is 5.85. The second-order valence-electron chi connectivity index (χ2n) is 9.35. The van der Waals surface area contributed by atoms with Crippen LogP contribution < -0.4 is 0 Å². The van der Waals surface area contributed by atoms with Crippen molar-refractivity contribution in [3.8, 4) is 0 Å². The Labute approximate surface area is 166 Å². The summed E-state index contributed by atoms with van der Waals surface area (Å²) in [5, 5.41) is 3.74. The molecule has 0 bridgehead atoms. The van der Waals surface area contributed by atoms with E-state index in [0.717, 1.165) is 25.7 Å². The van der Waals surface area contributed by atoms with E-state index in [1.165, 1.54) is 6.92 Å². The van der Waals surface area contributed by atoms with E-state index < -0.39 is 5.41 Å². The predicted octanol–water partition coefficient (Wildman–Crippen LogP) is 4.39. The summed E-state index contributed by atoms with van der Waals surface area (Å²) in [4.78, 5) is 39.9. The Morgan fingerprint density at radius 1 is 1.14 bits per heavy atom. The molecule has 0 heterocycles. The van der Waals surface area contributed by atoms with Crippen molar-refractivity contribution in [1.29, 1.82) is 0 Å². The molecule has 1 unspecified atom stereocenters. The monoisotopic (exact) mass is 389 g/mol. The number of carbonyl (C=O) groups is 3. The molecule has 7 heteroatoms. The summed E-state index contributed by atoms with van der Waals surface area (Å²) in [5.74, 6) is 0.803. The normalized spacial score (nSPS) is 40.5. The lowest BCUT2D eigenvalue weighted by atomic mass is 9.51. The van der Waals surface area contributed by atoms with Crippen LogP contribution in [0.1, 0.15) is 72.1 Å². The molecule has 7 nitrogen and oxygen atoms in total. The summed E-state index contributed by atoms with van der Waals surface area (Å²) in [6, 6.07) is 0. The Hall–Kier alpha value is -1.88. The molecule has 0 aromatic heterocycles. The van der Waals surface area contributed by atoms with Crippen molar-refractivity contribution in [1.82, 2.24) is 0 Å². The first kappa shape index (κ1) is 20.8. The number of ether oxygens (including phenoxy) is 1. The van der Waals surface area contributed by atoms with Gasteiger partial charge in [-0.05, 0) is 61.8 Å². The Bertz CT molecular complexity index is 716. The largest absolute Gasteiger partial charge is 0.462 e. The van der Waals surface area contributed by atoms with Gasteiger partial charge in [-0.3, -0.25) is 14.4 Å². The number of Topliss-reactive ketones (excluding diaryl/α,β-unsaturated/α-hetero) is 2. The van der Waals surface area contributed by atoms with Crippen molar-refractivity contribution in [2.24, 2.45) is 33.7 Å². The highest BCUT2D eigenvalue weighted by Crippen LogP contribution is 2.60. The third-order valence-corrected chi connectivity index (χ3v) is 7.96. The summed E-state index contributed by atoms with van der Waals surface area (Å²) in [5.41, 5.74) is 7.93. The molecule has 3 saturated carbocycles. The van der Waals surface area contributed by atoms with E-state index in [4.69, 9.17) is 10.3 Å². The zero-order chi connectivity index (χ0) is 20.5. The number of nitrogens with zero attached hydrogens (tertiary/aromatic N) is 3. The number of carbonyl (C=O) groups excluding carboxylic acids is 3. The highest BCUT2D eigenvalue weighted by atomic mass is 16.5. The van der Waals surface area contributed by atoms with E-state index >= 15 is 0 Å². The minimum atomic E-state index is -0.468. The number of hydrogen-bond acceptors (Lipinski definition) is 5. The number of hydrogen-bond donors (Lipinski definition) is 0. The van der Waals surface area contributed by atoms with Crippen molar-refractivity contribution in [3.63, 3.8) is 0 Å². The molecule has 3 aliphatic rings. The molecule has 3 aliphatic carbocycles. The molecule has 0 N–H and O–H groups in total. The van der Waals surface area contributed by atoms with Crippen LogP contribution in [0.15, 0.2) is 5.11 Å². The fourth-order valence-electron chi connectivity index (χ4n) is 6.37. The van der Waals surface area contributed by atoms with Gasteiger partial charge in [0.05, 0.1) is 0 Å². The standard InChI is InChI=1S/C21H31N3O4/c1-13(25)28-14-6-9-21(3,19(27)12-14)17-7-10-20(2)16(4-5-18(20)26)15(17)8-11-23-24-22/h14-17H,4-12H2,1-3H3/t14-,15-,16-,17?,20-,21+/m0/s1. The summed E-state index contributed by atoms with van der Waals surface area (Å²) in [6.07, 6.45) is 5.23. The molecule has 0 spiro atoms. The van der Waals surface area contributed by atoms with Gasteiger partial charge in [0, 0.05) is 42.1 Å². The SMILES string of the molecule is CC(=O)O[C@H]1CC[C@](C)(C2CC[C@]3(C)C(=O)CC[C@H]3[C@@H]2CCN=[N+]=[N-])C(=O)C1. The van der Waals surface area contributed by atoms with Gasteiger partial charge in [0.15, 0.2) is 0 Å². The van der Waals surface area contributed by atoms with Crippen molar-refractivity contribution in [2.45, 2.75) is 78.2 Å². The van der Waals surface area contributed by atoms with E-state index in [9.17, 15) is 14.4 Å². The average molecular weight is 389 g/mol. The zero-order valence-corrected chi connectivity index (χ0v) is 17.1. The minimum absolute atomic E-state index is 0.164. The van der Waals surface area contributed by atoms with Crippen molar-refractivity contribution >= 4 is 17.5 Å². The fourth-order valence-corrected chi connectivity index (χ4v) is 6.37. The van der Waals surface area contributed by atoms with Crippen LogP contribution in [0.2, 0.25) is 0 Å². The highest BCUT2D eigenvalue weighted by Gasteiger charge is 2.58. The van der Waals surface area contributed by atoms with Crippen LogP contribution in [-0.4, -0.2) is 30.2 Å². The van der Waals surface area contributed by atoms with Crippen LogP contribution in [-0.2, 0) is 19.1 Å². The first-order valence-corrected chi connectivity index (χ1v) is 10.5. The third kappa shape index (κ3) is 3.57. The van der Waals surface area contributed by atoms with Gasteiger partial charge >= 0.3 is 5.97 Å². The average Bonchev–Trinajstić information content (AvgIpc) is 2.93. The van der Waals surface area contributed by atoms with E-state index in [-0.39, 0.29) is 47.4 Å². The van der Waals surface area contributed by atoms with Crippen molar-refractivity contribution in [3.05, 3.63) is 10.4 Å². The van der Waals surface area contributed by atoms with Gasteiger partial charge in [-0.25, -0.2) is 0 Å². The minimum Gasteiger partial charge on any atom is -0.462 e. The van der Waals surface area contributed by atoms with Gasteiger partial charge in [0.1, 0.15) is 17.7 Å². The second-order valence-corrected chi connectivity index (χ2v) is 9.35. The predicted molar refractivity (Wildman–Crippen MR) is 103 cm³/mol. The molecule has 0 saturated heterocycles. The number of ketones is 2. The smallest absolute Gasteiger partial charge is 0.302 e. The molecule has 0 aromatic rings. The van der Waals surface area contributed by atoms with E-state index in [0.29, 0.717) is 31.6 Å². The second kappa shape index (κ2) is 7.86. The maximum atomic E-state index is 13.2. The molecule has 0 radical (unpaired) electrons. The molecule has 0 aliphatic heterocycles. The number of rotatable bonds is 5. The van der Waals surface area contributed by atoms with Crippen LogP contribution in [0.25, 0.3) is 10.4 Å². The van der Waals surface area contributed by atoms with Crippen LogP contribution in [0.3, 0.4) is 0 Å². The fraction of sp³-hybridized carbons (Fsp3) is 0.857. The Balaban J connectivity index is 1.84. The van der Waals surface area contributed by atoms with Crippen LogP contribution >= 0.6 is 0 Å². The van der Waals surface area contributed by atoms with Crippen LogP contribution in [0.5, 0.6) is 0 Å². The maximum absolute atomic E-state index is 13.2. The molecule has 0 aromatic carbocycles. The van der Waals surface area contributed by atoms with Gasteiger partial charge in [0.2, 0.25) is 0 Å². The quantitative estimate of drug-likeness (QED) is 0.300. The molecule has 3 rings (SSSR count). The highest BCUT2D eigenvalue weighted by molar-refractivity contribution is 5.88. The topological polar surface area (TPSA) is 109 Å². The van der Waals surface area contributed by atoms with Crippen molar-refractivity contribution < 1.29 is 19.1 Å². The van der Waals surface area contributed by atoms with Gasteiger partial charge in [-0.1, -0.05) is 19.0 Å².